The molecule has 3 rings (SSSR count). The van der Waals surface area contributed by atoms with Gasteiger partial charge in [0.25, 0.3) is 11.1 Å². The fourth-order valence-corrected chi connectivity index (χ4v) is 3.55. The van der Waals surface area contributed by atoms with Crippen molar-refractivity contribution in [1.29, 1.82) is 0 Å². The largest absolute Gasteiger partial charge is 0.484 e. The summed E-state index contributed by atoms with van der Waals surface area (Å²) in [4.78, 5) is 13.2. The topological polar surface area (TPSA) is 77.2 Å². The Morgan fingerprint density at radius 1 is 1.35 bits per heavy atom. The van der Waals surface area contributed by atoms with Gasteiger partial charge in [-0.3, -0.25) is 4.79 Å². The van der Waals surface area contributed by atoms with Crippen molar-refractivity contribution in [3.63, 3.8) is 0 Å². The molecule has 0 radical (unpaired) electrons. The Bertz CT molecular complexity index is 849. The van der Waals surface area contributed by atoms with Gasteiger partial charge in [0.15, 0.2) is 6.61 Å². The van der Waals surface area contributed by atoms with E-state index in [1.807, 2.05) is 55.6 Å². The van der Waals surface area contributed by atoms with Crippen molar-refractivity contribution in [2.24, 2.45) is 0 Å². The van der Waals surface area contributed by atoms with E-state index >= 15 is 0 Å². The third-order valence-electron chi connectivity index (χ3n) is 3.47. The van der Waals surface area contributed by atoms with E-state index < -0.39 is 0 Å². The molecule has 2 aromatic heterocycles. The highest BCUT2D eigenvalue weighted by molar-refractivity contribution is 7.99. The van der Waals surface area contributed by atoms with Gasteiger partial charge in [-0.25, -0.2) is 0 Å². The second-order valence-corrected chi connectivity index (χ2v) is 7.57. The zero-order valence-corrected chi connectivity index (χ0v) is 16.1. The van der Waals surface area contributed by atoms with Crippen LogP contribution in [0.1, 0.15) is 29.3 Å². The van der Waals surface area contributed by atoms with Gasteiger partial charge in [0, 0.05) is 4.88 Å². The van der Waals surface area contributed by atoms with Crippen LogP contribution in [0.4, 0.5) is 0 Å². The maximum Gasteiger partial charge on any atom is 0.277 e. The molecule has 1 unspecified atom stereocenters. The van der Waals surface area contributed by atoms with Crippen LogP contribution in [-0.2, 0) is 11.4 Å². The predicted octanol–water partition coefficient (Wildman–Crippen LogP) is 3.99. The number of carbonyl (C=O) groups excluding carboxylic acids is 1. The Morgan fingerprint density at radius 3 is 3.00 bits per heavy atom. The van der Waals surface area contributed by atoms with Gasteiger partial charge >= 0.3 is 0 Å². The fourth-order valence-electron chi connectivity index (χ4n) is 2.22. The summed E-state index contributed by atoms with van der Waals surface area (Å²) in [6.07, 6.45) is 0. The first kappa shape index (κ1) is 18.5. The molecule has 0 saturated heterocycles. The summed E-state index contributed by atoms with van der Waals surface area (Å²) in [5, 5.41) is 13.2. The van der Waals surface area contributed by atoms with E-state index in [9.17, 15) is 4.79 Å². The van der Waals surface area contributed by atoms with Gasteiger partial charge in [-0.2, -0.15) is 0 Å². The second kappa shape index (κ2) is 8.86. The lowest BCUT2D eigenvalue weighted by Gasteiger charge is -2.11. The minimum atomic E-state index is -0.0772. The van der Waals surface area contributed by atoms with E-state index in [0.29, 0.717) is 11.1 Å². The molecule has 1 N–H and O–H groups in total. The smallest absolute Gasteiger partial charge is 0.277 e. The maximum absolute atomic E-state index is 12.0. The van der Waals surface area contributed by atoms with E-state index in [2.05, 4.69) is 15.5 Å². The number of carbonyl (C=O) groups is 1. The Hall–Kier alpha value is -2.32. The fraction of sp³-hybridized carbons (Fsp3) is 0.278. The van der Waals surface area contributed by atoms with Crippen molar-refractivity contribution in [2.45, 2.75) is 31.7 Å². The summed E-state index contributed by atoms with van der Waals surface area (Å²) < 4.78 is 11.1. The zero-order chi connectivity index (χ0) is 18.4. The summed E-state index contributed by atoms with van der Waals surface area (Å²) in [5.41, 5.74) is 1.12. The molecule has 1 aromatic carbocycles. The summed E-state index contributed by atoms with van der Waals surface area (Å²) in [6.45, 7) is 4.15. The van der Waals surface area contributed by atoms with Crippen LogP contribution in [-0.4, -0.2) is 21.9 Å². The third-order valence-corrected chi connectivity index (χ3v) is 5.35. The molecule has 0 aliphatic carbocycles. The van der Waals surface area contributed by atoms with Gasteiger partial charge in [0.2, 0.25) is 5.91 Å². The van der Waals surface area contributed by atoms with Crippen LogP contribution < -0.4 is 10.1 Å². The van der Waals surface area contributed by atoms with Crippen molar-refractivity contribution in [3.05, 3.63) is 58.1 Å². The number of hydrogen-bond acceptors (Lipinski definition) is 7. The maximum atomic E-state index is 12.0. The number of benzene rings is 1. The Kier molecular flexibility index (Phi) is 6.30. The van der Waals surface area contributed by atoms with Crippen molar-refractivity contribution in [2.75, 3.05) is 5.75 Å². The van der Waals surface area contributed by atoms with Crippen LogP contribution in [0.3, 0.4) is 0 Å². The quantitative estimate of drug-likeness (QED) is 0.587. The molecule has 1 amide bonds. The SMILES string of the molecule is Cc1cccc(OCc2nnc(SCC(=O)NC(C)c3cccs3)o2)c1. The van der Waals surface area contributed by atoms with Crippen LogP contribution in [0, 0.1) is 6.92 Å². The Balaban J connectivity index is 1.44. The summed E-state index contributed by atoms with van der Waals surface area (Å²) >= 11 is 2.83. The summed E-state index contributed by atoms with van der Waals surface area (Å²) in [5.74, 6) is 1.27. The van der Waals surface area contributed by atoms with Gasteiger partial charge in [0.05, 0.1) is 11.8 Å². The van der Waals surface area contributed by atoms with Crippen molar-refractivity contribution < 1.29 is 13.9 Å². The van der Waals surface area contributed by atoms with Gasteiger partial charge in [0.1, 0.15) is 5.75 Å². The highest BCUT2D eigenvalue weighted by Crippen LogP contribution is 2.20. The van der Waals surface area contributed by atoms with Gasteiger partial charge < -0.3 is 14.5 Å². The molecule has 2 heterocycles. The van der Waals surface area contributed by atoms with E-state index in [4.69, 9.17) is 9.15 Å². The van der Waals surface area contributed by atoms with Gasteiger partial charge in [-0.05, 0) is 43.0 Å². The molecule has 136 valence electrons. The Labute approximate surface area is 160 Å². The summed E-state index contributed by atoms with van der Waals surface area (Å²) in [6, 6.07) is 11.7. The van der Waals surface area contributed by atoms with Crippen LogP contribution in [0.2, 0.25) is 0 Å². The standard InChI is InChI=1S/C18H19N3O3S2/c1-12-5-3-6-14(9-12)23-10-17-20-21-18(24-17)26-11-16(22)19-13(2)15-7-4-8-25-15/h3-9,13H,10-11H2,1-2H3,(H,19,22). The second-order valence-electron chi connectivity index (χ2n) is 5.66. The average Bonchev–Trinajstić information content (AvgIpc) is 3.30. The molecule has 0 aliphatic heterocycles. The number of amides is 1. The predicted molar refractivity (Wildman–Crippen MR) is 101 cm³/mol. The number of rotatable bonds is 8. The van der Waals surface area contributed by atoms with Crippen LogP contribution in [0.5, 0.6) is 5.75 Å². The zero-order valence-electron chi connectivity index (χ0n) is 14.5. The number of thiophene rings is 1. The van der Waals surface area contributed by atoms with E-state index in [-0.39, 0.29) is 24.3 Å². The first-order chi connectivity index (χ1) is 12.6. The highest BCUT2D eigenvalue weighted by Gasteiger charge is 2.13. The number of nitrogens with one attached hydrogen (secondary N) is 1. The lowest BCUT2D eigenvalue weighted by atomic mass is 10.2. The van der Waals surface area contributed by atoms with Gasteiger partial charge in [-0.15, -0.1) is 21.5 Å². The molecule has 1 atom stereocenters. The number of aromatic nitrogens is 2. The van der Waals surface area contributed by atoms with Crippen LogP contribution in [0.25, 0.3) is 0 Å². The lowest BCUT2D eigenvalue weighted by molar-refractivity contribution is -0.119. The lowest BCUT2D eigenvalue weighted by Crippen LogP contribution is -2.27. The highest BCUT2D eigenvalue weighted by atomic mass is 32.2. The van der Waals surface area contributed by atoms with Crippen molar-refractivity contribution >= 4 is 29.0 Å². The molecular formula is C18H19N3O3S2. The number of aryl methyl sites for hydroxylation is 1. The first-order valence-electron chi connectivity index (χ1n) is 8.07. The third kappa shape index (κ3) is 5.34. The van der Waals surface area contributed by atoms with Crippen LogP contribution >= 0.6 is 23.1 Å². The molecule has 0 aliphatic rings. The molecule has 0 fully saturated rings. The Morgan fingerprint density at radius 2 is 2.23 bits per heavy atom. The van der Waals surface area contributed by atoms with E-state index in [0.717, 1.165) is 16.2 Å². The molecule has 0 spiro atoms. The normalized spacial score (nSPS) is 11.9. The minimum absolute atomic E-state index is 0.0101. The number of thioether (sulfide) groups is 1. The monoisotopic (exact) mass is 389 g/mol. The molecule has 0 bridgehead atoms. The van der Waals surface area contributed by atoms with Gasteiger partial charge in [-0.1, -0.05) is 30.0 Å². The number of ether oxygens (including phenoxy) is 1. The van der Waals surface area contributed by atoms with Crippen molar-refractivity contribution in [1.82, 2.24) is 15.5 Å². The first-order valence-corrected chi connectivity index (χ1v) is 9.94. The molecular weight excluding hydrogens is 370 g/mol. The molecule has 6 nitrogen and oxygen atoms in total. The number of nitrogens with zero attached hydrogens (tertiary/aromatic N) is 2. The average molecular weight is 390 g/mol. The number of hydrogen-bond donors (Lipinski definition) is 1. The van der Waals surface area contributed by atoms with Crippen molar-refractivity contribution in [3.8, 4) is 5.75 Å². The summed E-state index contributed by atoms with van der Waals surface area (Å²) in [7, 11) is 0. The van der Waals surface area contributed by atoms with E-state index in [1.54, 1.807) is 11.3 Å². The molecule has 0 saturated carbocycles. The molecule has 3 aromatic rings. The van der Waals surface area contributed by atoms with E-state index in [1.165, 1.54) is 11.8 Å². The molecule has 26 heavy (non-hydrogen) atoms. The van der Waals surface area contributed by atoms with Crippen LogP contribution in [0.15, 0.2) is 51.4 Å². The molecule has 8 heteroatoms. The minimum Gasteiger partial charge on any atom is -0.484 e.